The Kier molecular flexibility index (Phi) is 3.78. The standard InChI is InChI=1S/C20H14N4O2/c21-18-10-9-16(13-5-1-2-6-14(13)18)20-17(11-12-22-23-20)15-7-3-4-8-19(15)24(25)26/h1-12H,21H2. The SMILES string of the molecule is Nc1ccc(-c2nnccc2-c2ccccc2[N+](=O)[O-])c2ccccc12. The second-order valence-corrected chi connectivity index (χ2v) is 5.82. The van der Waals surface area contributed by atoms with Crippen LogP contribution in [0.25, 0.3) is 33.2 Å². The molecule has 0 amide bonds. The fourth-order valence-electron chi connectivity index (χ4n) is 3.14. The molecular weight excluding hydrogens is 328 g/mol. The maximum Gasteiger partial charge on any atom is 0.277 e. The number of fused-ring (bicyclic) bond motifs is 1. The minimum atomic E-state index is -0.388. The highest BCUT2D eigenvalue weighted by Gasteiger charge is 2.20. The monoisotopic (exact) mass is 342 g/mol. The van der Waals surface area contributed by atoms with Gasteiger partial charge in [-0.2, -0.15) is 5.10 Å². The van der Waals surface area contributed by atoms with E-state index in [1.807, 2.05) is 36.4 Å². The molecule has 3 aromatic carbocycles. The number of nitrogens with two attached hydrogens (primary N) is 1. The van der Waals surface area contributed by atoms with Crippen LogP contribution in [0.1, 0.15) is 0 Å². The van der Waals surface area contributed by atoms with Crippen LogP contribution in [0.2, 0.25) is 0 Å². The Hall–Kier alpha value is -3.80. The second kappa shape index (κ2) is 6.25. The highest BCUT2D eigenvalue weighted by atomic mass is 16.6. The van der Waals surface area contributed by atoms with Gasteiger partial charge in [0.15, 0.2) is 0 Å². The van der Waals surface area contributed by atoms with Crippen LogP contribution in [0.3, 0.4) is 0 Å². The maximum atomic E-state index is 11.5. The molecule has 0 saturated heterocycles. The summed E-state index contributed by atoms with van der Waals surface area (Å²) < 4.78 is 0. The topological polar surface area (TPSA) is 94.9 Å². The fourth-order valence-corrected chi connectivity index (χ4v) is 3.14. The third kappa shape index (κ3) is 2.53. The van der Waals surface area contributed by atoms with Crippen molar-refractivity contribution in [3.05, 3.63) is 83.0 Å². The van der Waals surface area contributed by atoms with E-state index in [-0.39, 0.29) is 10.6 Å². The van der Waals surface area contributed by atoms with Gasteiger partial charge in [-0.3, -0.25) is 10.1 Å². The Morgan fingerprint density at radius 1 is 0.808 bits per heavy atom. The Labute approximate surface area is 149 Å². The van der Waals surface area contributed by atoms with E-state index < -0.39 is 0 Å². The number of aromatic nitrogens is 2. The van der Waals surface area contributed by atoms with Gasteiger partial charge < -0.3 is 5.73 Å². The van der Waals surface area contributed by atoms with E-state index >= 15 is 0 Å². The van der Waals surface area contributed by atoms with Crippen molar-refractivity contribution in [3.63, 3.8) is 0 Å². The van der Waals surface area contributed by atoms with Crippen molar-refractivity contribution >= 4 is 22.1 Å². The summed E-state index contributed by atoms with van der Waals surface area (Å²) in [5.41, 5.74) is 9.36. The number of rotatable bonds is 3. The minimum absolute atomic E-state index is 0.0292. The van der Waals surface area contributed by atoms with E-state index in [1.165, 1.54) is 12.3 Å². The molecule has 26 heavy (non-hydrogen) atoms. The van der Waals surface area contributed by atoms with Crippen molar-refractivity contribution in [1.29, 1.82) is 0 Å². The molecule has 2 N–H and O–H groups in total. The molecule has 4 aromatic rings. The van der Waals surface area contributed by atoms with Gasteiger partial charge in [0.2, 0.25) is 0 Å². The summed E-state index contributed by atoms with van der Waals surface area (Å²) in [5.74, 6) is 0. The Balaban J connectivity index is 2.03. The average molecular weight is 342 g/mol. The van der Waals surface area contributed by atoms with Gasteiger partial charge in [-0.25, -0.2) is 0 Å². The third-order valence-electron chi connectivity index (χ3n) is 4.32. The van der Waals surface area contributed by atoms with E-state index in [9.17, 15) is 10.1 Å². The normalized spacial score (nSPS) is 10.8. The van der Waals surface area contributed by atoms with E-state index in [0.717, 1.165) is 16.3 Å². The fraction of sp³-hybridized carbons (Fsp3) is 0. The molecule has 4 rings (SSSR count). The molecule has 1 heterocycles. The van der Waals surface area contributed by atoms with Crippen LogP contribution in [0.15, 0.2) is 72.9 Å². The van der Waals surface area contributed by atoms with Crippen molar-refractivity contribution in [2.24, 2.45) is 0 Å². The van der Waals surface area contributed by atoms with Crippen LogP contribution < -0.4 is 5.73 Å². The molecule has 0 unspecified atom stereocenters. The lowest BCUT2D eigenvalue weighted by Gasteiger charge is -2.12. The van der Waals surface area contributed by atoms with Crippen LogP contribution >= 0.6 is 0 Å². The number of nitrogen functional groups attached to an aromatic ring is 1. The van der Waals surface area contributed by atoms with Gasteiger partial charge >= 0.3 is 0 Å². The average Bonchev–Trinajstić information content (AvgIpc) is 2.68. The van der Waals surface area contributed by atoms with E-state index in [1.54, 1.807) is 24.3 Å². The number of hydrogen-bond donors (Lipinski definition) is 1. The maximum absolute atomic E-state index is 11.5. The zero-order chi connectivity index (χ0) is 18.1. The van der Waals surface area contributed by atoms with Crippen molar-refractivity contribution in [3.8, 4) is 22.4 Å². The Bertz CT molecular complexity index is 1140. The van der Waals surface area contributed by atoms with Crippen LogP contribution in [0.5, 0.6) is 0 Å². The van der Waals surface area contributed by atoms with Crippen LogP contribution in [0, 0.1) is 10.1 Å². The molecule has 6 nitrogen and oxygen atoms in total. The zero-order valence-electron chi connectivity index (χ0n) is 13.7. The molecule has 6 heteroatoms. The number of nitrogens with zero attached hydrogens (tertiary/aromatic N) is 3. The molecule has 0 aliphatic carbocycles. The predicted molar refractivity (Wildman–Crippen MR) is 101 cm³/mol. The molecule has 1 aromatic heterocycles. The number of anilines is 1. The molecule has 0 radical (unpaired) electrons. The zero-order valence-corrected chi connectivity index (χ0v) is 13.7. The van der Waals surface area contributed by atoms with Crippen LogP contribution in [-0.4, -0.2) is 15.1 Å². The molecule has 0 atom stereocenters. The van der Waals surface area contributed by atoms with Crippen LogP contribution in [-0.2, 0) is 0 Å². The molecule has 0 bridgehead atoms. The molecule has 0 saturated carbocycles. The lowest BCUT2D eigenvalue weighted by atomic mass is 9.94. The van der Waals surface area contributed by atoms with Crippen molar-refractivity contribution in [2.45, 2.75) is 0 Å². The first-order valence-corrected chi connectivity index (χ1v) is 8.00. The second-order valence-electron chi connectivity index (χ2n) is 5.82. The molecular formula is C20H14N4O2. The smallest absolute Gasteiger partial charge is 0.277 e. The van der Waals surface area contributed by atoms with Gasteiger partial charge in [-0.05, 0) is 23.6 Å². The van der Waals surface area contributed by atoms with Gasteiger partial charge in [-0.15, -0.1) is 5.10 Å². The van der Waals surface area contributed by atoms with Gasteiger partial charge in [-0.1, -0.05) is 42.5 Å². The number of nitro benzene ring substituents is 1. The Morgan fingerprint density at radius 2 is 1.54 bits per heavy atom. The van der Waals surface area contributed by atoms with Gasteiger partial charge in [0, 0.05) is 28.3 Å². The lowest BCUT2D eigenvalue weighted by molar-refractivity contribution is -0.384. The lowest BCUT2D eigenvalue weighted by Crippen LogP contribution is -1.97. The first-order chi connectivity index (χ1) is 12.7. The first kappa shape index (κ1) is 15.7. The largest absolute Gasteiger partial charge is 0.398 e. The van der Waals surface area contributed by atoms with Gasteiger partial charge in [0.25, 0.3) is 5.69 Å². The molecule has 0 spiro atoms. The summed E-state index contributed by atoms with van der Waals surface area (Å²) in [5, 5.41) is 21.6. The summed E-state index contributed by atoms with van der Waals surface area (Å²) in [6.07, 6.45) is 1.54. The van der Waals surface area contributed by atoms with E-state index in [4.69, 9.17) is 5.73 Å². The summed E-state index contributed by atoms with van der Waals surface area (Å²) in [7, 11) is 0. The quantitative estimate of drug-likeness (QED) is 0.337. The number of hydrogen-bond acceptors (Lipinski definition) is 5. The molecule has 0 fully saturated rings. The van der Waals surface area contributed by atoms with Gasteiger partial charge in [0.1, 0.15) is 5.69 Å². The molecule has 0 aliphatic rings. The van der Waals surface area contributed by atoms with E-state index in [0.29, 0.717) is 22.5 Å². The molecule has 0 aliphatic heterocycles. The van der Waals surface area contributed by atoms with Crippen LogP contribution in [0.4, 0.5) is 11.4 Å². The van der Waals surface area contributed by atoms with E-state index in [2.05, 4.69) is 10.2 Å². The number of para-hydroxylation sites is 1. The molecule has 126 valence electrons. The van der Waals surface area contributed by atoms with Crippen molar-refractivity contribution in [2.75, 3.05) is 5.73 Å². The highest BCUT2D eigenvalue weighted by molar-refractivity contribution is 6.04. The van der Waals surface area contributed by atoms with Crippen molar-refractivity contribution < 1.29 is 4.92 Å². The van der Waals surface area contributed by atoms with Crippen molar-refractivity contribution in [1.82, 2.24) is 10.2 Å². The summed E-state index contributed by atoms with van der Waals surface area (Å²) in [4.78, 5) is 11.1. The highest BCUT2D eigenvalue weighted by Crippen LogP contribution is 2.38. The number of benzene rings is 3. The third-order valence-corrected chi connectivity index (χ3v) is 4.32. The minimum Gasteiger partial charge on any atom is -0.398 e. The summed E-state index contributed by atoms with van der Waals surface area (Å²) >= 11 is 0. The summed E-state index contributed by atoms with van der Waals surface area (Å²) in [6, 6.07) is 19.8. The number of nitro groups is 1. The van der Waals surface area contributed by atoms with Gasteiger partial charge in [0.05, 0.1) is 16.7 Å². The summed E-state index contributed by atoms with van der Waals surface area (Å²) in [6.45, 7) is 0. The first-order valence-electron chi connectivity index (χ1n) is 8.00. The predicted octanol–water partition coefficient (Wildman–Crippen LogP) is 4.45. The Morgan fingerprint density at radius 3 is 2.35 bits per heavy atom.